The first kappa shape index (κ1) is 15.1. The zero-order chi connectivity index (χ0) is 14.4. The Balaban J connectivity index is 1.87. The Hall–Kier alpha value is -1.29. The molecule has 3 nitrogen and oxygen atoms in total. The average molecular weight is 293 g/mol. The van der Waals surface area contributed by atoms with Gasteiger partial charge in [-0.2, -0.15) is 0 Å². The largest absolute Gasteiger partial charge is 0.468 e. The molecule has 0 aliphatic rings. The van der Waals surface area contributed by atoms with Gasteiger partial charge in [0.05, 0.1) is 12.8 Å². The zero-order valence-electron chi connectivity index (χ0n) is 12.0. The highest BCUT2D eigenvalue weighted by Gasteiger charge is 2.11. The Morgan fingerprint density at radius 3 is 2.80 bits per heavy atom. The topological polar surface area (TPSA) is 28.4 Å². The molecule has 0 amide bonds. The van der Waals surface area contributed by atoms with E-state index in [-0.39, 0.29) is 0 Å². The molecular formula is C16H21ClN2O. The van der Waals surface area contributed by atoms with E-state index in [1.54, 1.807) is 6.26 Å². The normalized spacial score (nSPS) is 12.8. The second-order valence-corrected chi connectivity index (χ2v) is 5.44. The lowest BCUT2D eigenvalue weighted by Gasteiger charge is -2.21. The van der Waals surface area contributed by atoms with Crippen LogP contribution in [-0.2, 0) is 6.54 Å². The van der Waals surface area contributed by atoms with E-state index >= 15 is 0 Å². The second kappa shape index (κ2) is 7.48. The molecule has 20 heavy (non-hydrogen) atoms. The van der Waals surface area contributed by atoms with Crippen LogP contribution in [0, 0.1) is 0 Å². The van der Waals surface area contributed by atoms with E-state index in [4.69, 9.17) is 16.0 Å². The van der Waals surface area contributed by atoms with Gasteiger partial charge in [0.25, 0.3) is 0 Å². The van der Waals surface area contributed by atoms with Crippen LogP contribution in [0.1, 0.15) is 23.8 Å². The number of nitrogens with one attached hydrogen (secondary N) is 1. The molecule has 0 saturated carbocycles. The molecule has 0 fully saturated rings. The molecule has 0 bridgehead atoms. The Morgan fingerprint density at radius 2 is 2.15 bits per heavy atom. The van der Waals surface area contributed by atoms with E-state index in [9.17, 15) is 0 Å². The number of nitrogens with zero attached hydrogens (tertiary/aromatic N) is 1. The Morgan fingerprint density at radius 1 is 1.30 bits per heavy atom. The third-order valence-electron chi connectivity index (χ3n) is 3.40. The number of halogens is 1. The number of hydrogen-bond donors (Lipinski definition) is 1. The van der Waals surface area contributed by atoms with Crippen molar-refractivity contribution in [2.24, 2.45) is 0 Å². The molecule has 1 aromatic carbocycles. The fraction of sp³-hybridized carbons (Fsp3) is 0.375. The Bertz CT molecular complexity index is 513. The van der Waals surface area contributed by atoms with Crippen LogP contribution in [-0.4, -0.2) is 25.5 Å². The van der Waals surface area contributed by atoms with E-state index in [2.05, 4.69) is 23.3 Å². The van der Waals surface area contributed by atoms with Crippen LogP contribution in [0.25, 0.3) is 0 Å². The van der Waals surface area contributed by atoms with Crippen molar-refractivity contribution in [3.05, 3.63) is 59.0 Å². The first-order chi connectivity index (χ1) is 9.69. The van der Waals surface area contributed by atoms with Crippen molar-refractivity contribution in [3.8, 4) is 0 Å². The first-order valence-electron chi connectivity index (χ1n) is 6.82. The van der Waals surface area contributed by atoms with E-state index in [1.165, 1.54) is 5.56 Å². The van der Waals surface area contributed by atoms with Gasteiger partial charge >= 0.3 is 0 Å². The summed E-state index contributed by atoms with van der Waals surface area (Å²) in [6.45, 7) is 1.82. The number of benzene rings is 1. The lowest BCUT2D eigenvalue weighted by molar-refractivity contribution is 0.278. The summed E-state index contributed by atoms with van der Waals surface area (Å²) >= 11 is 6.05. The van der Waals surface area contributed by atoms with Crippen LogP contribution in [0.2, 0.25) is 5.02 Å². The Kier molecular flexibility index (Phi) is 5.65. The molecule has 1 atom stereocenters. The van der Waals surface area contributed by atoms with Gasteiger partial charge in [0.2, 0.25) is 0 Å². The fourth-order valence-electron chi connectivity index (χ4n) is 2.30. The Labute approximate surface area is 125 Å². The van der Waals surface area contributed by atoms with E-state index < -0.39 is 0 Å². The van der Waals surface area contributed by atoms with E-state index in [1.807, 2.05) is 37.4 Å². The summed E-state index contributed by atoms with van der Waals surface area (Å²) in [5.41, 5.74) is 1.23. The van der Waals surface area contributed by atoms with Crippen molar-refractivity contribution in [2.45, 2.75) is 19.0 Å². The number of rotatable bonds is 7. The lowest BCUT2D eigenvalue weighted by Crippen LogP contribution is -2.25. The van der Waals surface area contributed by atoms with Gasteiger partial charge in [-0.05, 0) is 50.3 Å². The molecule has 0 radical (unpaired) electrons. The first-order valence-corrected chi connectivity index (χ1v) is 7.20. The van der Waals surface area contributed by atoms with Gasteiger partial charge in [-0.25, -0.2) is 0 Å². The maximum absolute atomic E-state index is 6.05. The van der Waals surface area contributed by atoms with Gasteiger partial charge < -0.3 is 9.73 Å². The average Bonchev–Trinajstić information content (AvgIpc) is 2.92. The van der Waals surface area contributed by atoms with E-state index in [0.717, 1.165) is 30.3 Å². The molecule has 0 spiro atoms. The maximum Gasteiger partial charge on any atom is 0.117 e. The molecule has 1 N–H and O–H groups in total. The maximum atomic E-state index is 6.05. The van der Waals surface area contributed by atoms with Crippen LogP contribution in [0.4, 0.5) is 0 Å². The summed E-state index contributed by atoms with van der Waals surface area (Å²) in [5.74, 6) is 0.997. The summed E-state index contributed by atoms with van der Waals surface area (Å²) in [6.07, 6.45) is 2.74. The van der Waals surface area contributed by atoms with Gasteiger partial charge in [0.1, 0.15) is 5.76 Å². The molecule has 108 valence electrons. The van der Waals surface area contributed by atoms with Gasteiger partial charge in [-0.1, -0.05) is 23.7 Å². The summed E-state index contributed by atoms with van der Waals surface area (Å²) < 4.78 is 5.36. The number of hydrogen-bond acceptors (Lipinski definition) is 3. The van der Waals surface area contributed by atoms with Crippen LogP contribution < -0.4 is 5.32 Å². The fourth-order valence-corrected chi connectivity index (χ4v) is 2.50. The third-order valence-corrected chi connectivity index (χ3v) is 3.64. The quantitative estimate of drug-likeness (QED) is 0.843. The van der Waals surface area contributed by atoms with Gasteiger partial charge in [0.15, 0.2) is 0 Å². The summed E-state index contributed by atoms with van der Waals surface area (Å²) in [7, 11) is 4.09. The number of furan rings is 1. The molecule has 0 aliphatic carbocycles. The molecular weight excluding hydrogens is 272 g/mol. The minimum Gasteiger partial charge on any atom is -0.468 e. The second-order valence-electron chi connectivity index (χ2n) is 5.00. The third kappa shape index (κ3) is 4.37. The molecule has 2 rings (SSSR count). The van der Waals surface area contributed by atoms with Crippen molar-refractivity contribution >= 4 is 11.6 Å². The minimum absolute atomic E-state index is 0.313. The van der Waals surface area contributed by atoms with Gasteiger partial charge in [-0.15, -0.1) is 0 Å². The van der Waals surface area contributed by atoms with Gasteiger partial charge in [0, 0.05) is 17.6 Å². The molecule has 1 aromatic heterocycles. The monoisotopic (exact) mass is 292 g/mol. The van der Waals surface area contributed by atoms with Crippen LogP contribution >= 0.6 is 11.6 Å². The summed E-state index contributed by atoms with van der Waals surface area (Å²) in [4.78, 5) is 2.26. The van der Waals surface area contributed by atoms with E-state index in [0.29, 0.717) is 6.04 Å². The predicted octanol–water partition coefficient (Wildman–Crippen LogP) is 3.72. The molecule has 1 unspecified atom stereocenters. The molecule has 0 aliphatic heterocycles. The van der Waals surface area contributed by atoms with Crippen LogP contribution in [0.15, 0.2) is 47.1 Å². The lowest BCUT2D eigenvalue weighted by atomic mass is 10.0. The highest BCUT2D eigenvalue weighted by molar-refractivity contribution is 6.30. The molecule has 1 heterocycles. The highest BCUT2D eigenvalue weighted by atomic mass is 35.5. The van der Waals surface area contributed by atoms with Crippen LogP contribution in [0.3, 0.4) is 0 Å². The van der Waals surface area contributed by atoms with Crippen molar-refractivity contribution < 1.29 is 4.42 Å². The highest BCUT2D eigenvalue weighted by Crippen LogP contribution is 2.20. The van der Waals surface area contributed by atoms with Crippen molar-refractivity contribution in [1.29, 1.82) is 0 Å². The predicted molar refractivity (Wildman–Crippen MR) is 82.9 cm³/mol. The van der Waals surface area contributed by atoms with Crippen LogP contribution in [0.5, 0.6) is 0 Å². The molecule has 2 aromatic rings. The van der Waals surface area contributed by atoms with Crippen molar-refractivity contribution in [2.75, 3.05) is 20.6 Å². The smallest absolute Gasteiger partial charge is 0.117 e. The van der Waals surface area contributed by atoms with Gasteiger partial charge in [-0.3, -0.25) is 4.90 Å². The molecule has 4 heteroatoms. The molecule has 0 saturated heterocycles. The SMILES string of the molecule is CNC(CCN(C)Cc1ccco1)c1cccc(Cl)c1. The summed E-state index contributed by atoms with van der Waals surface area (Å²) in [5, 5.41) is 4.14. The standard InChI is InChI=1S/C16H21ClN2O/c1-18-16(13-5-3-6-14(17)11-13)8-9-19(2)12-15-7-4-10-20-15/h3-7,10-11,16,18H,8-9,12H2,1-2H3. The minimum atomic E-state index is 0.313. The summed E-state index contributed by atoms with van der Waals surface area (Å²) in [6, 6.07) is 12.3. The van der Waals surface area contributed by atoms with Crippen molar-refractivity contribution in [1.82, 2.24) is 10.2 Å². The zero-order valence-corrected chi connectivity index (χ0v) is 12.7. The van der Waals surface area contributed by atoms with Crippen molar-refractivity contribution in [3.63, 3.8) is 0 Å².